The number of benzene rings is 1. The number of hydrogen-bond donors (Lipinski definition) is 1. The molecule has 1 aliphatic rings. The van der Waals surface area contributed by atoms with Crippen LogP contribution in [0.4, 0.5) is 0 Å². The van der Waals surface area contributed by atoms with Crippen LogP contribution in [0.1, 0.15) is 18.9 Å². The molecule has 1 N–H and O–H groups in total. The maximum absolute atomic E-state index is 12.4. The molecular formula is C18H21N2O4+. The lowest BCUT2D eigenvalue weighted by atomic mass is 10.1. The molecule has 0 fully saturated rings. The predicted molar refractivity (Wildman–Crippen MR) is 87.9 cm³/mol. The second-order valence-electron chi connectivity index (χ2n) is 5.54. The predicted octanol–water partition coefficient (Wildman–Crippen LogP) is 1.64. The number of quaternary nitrogens is 1. The lowest BCUT2D eigenvalue weighted by Crippen LogP contribution is -2.66. The number of ether oxygens (including phenoxy) is 1. The van der Waals surface area contributed by atoms with Gasteiger partial charge in [0.2, 0.25) is 6.04 Å². The number of esters is 1. The Balaban J connectivity index is 2.12. The fraction of sp³-hybridized carbons (Fsp3) is 0.278. The smallest absolute Gasteiger partial charge is 0.368 e. The Bertz CT molecular complexity index is 682. The van der Waals surface area contributed by atoms with E-state index < -0.39 is 22.5 Å². The highest BCUT2D eigenvalue weighted by atomic mass is 16.5. The summed E-state index contributed by atoms with van der Waals surface area (Å²) < 4.78 is 4.13. The quantitative estimate of drug-likeness (QED) is 0.636. The van der Waals surface area contributed by atoms with Crippen LogP contribution in [0.15, 0.2) is 54.8 Å². The van der Waals surface area contributed by atoms with E-state index in [9.17, 15) is 14.4 Å². The summed E-state index contributed by atoms with van der Waals surface area (Å²) in [5.74, 6) is -1.29. The molecule has 6 nitrogen and oxygen atoms in total. The Kier molecular flexibility index (Phi) is 5.65. The molecule has 0 saturated carbocycles. The van der Waals surface area contributed by atoms with Crippen molar-refractivity contribution in [3.8, 4) is 0 Å². The number of carbonyl (C=O) groups is 3. The zero-order valence-corrected chi connectivity index (χ0v) is 13.8. The highest BCUT2D eigenvalue weighted by molar-refractivity contribution is 5.88. The SMILES string of the molecule is COC(=O)C(C)[N+]1(NC(=O)CCc2ccccc2)C=CC=CC1=O. The highest BCUT2D eigenvalue weighted by Crippen LogP contribution is 2.18. The number of methoxy groups -OCH3 is 1. The van der Waals surface area contributed by atoms with Crippen molar-refractivity contribution < 1.29 is 23.7 Å². The molecule has 2 atom stereocenters. The van der Waals surface area contributed by atoms with Gasteiger partial charge in [0.25, 0.3) is 5.91 Å². The maximum atomic E-state index is 12.4. The lowest BCUT2D eigenvalue weighted by molar-refractivity contribution is -0.853. The number of carbonyl (C=O) groups excluding carboxylic acids is 3. The van der Waals surface area contributed by atoms with Gasteiger partial charge in [-0.25, -0.2) is 9.59 Å². The zero-order valence-electron chi connectivity index (χ0n) is 13.8. The van der Waals surface area contributed by atoms with Gasteiger partial charge in [0.15, 0.2) is 0 Å². The third kappa shape index (κ3) is 3.78. The minimum atomic E-state index is -0.885. The first-order valence-electron chi connectivity index (χ1n) is 7.71. The number of rotatable bonds is 6. The van der Waals surface area contributed by atoms with Crippen molar-refractivity contribution in [3.05, 3.63) is 60.3 Å². The molecule has 6 heteroatoms. The second kappa shape index (κ2) is 7.70. The summed E-state index contributed by atoms with van der Waals surface area (Å²) in [5, 5.41) is 0. The topological polar surface area (TPSA) is 72.5 Å². The first kappa shape index (κ1) is 17.6. The first-order valence-corrected chi connectivity index (χ1v) is 7.71. The normalized spacial score (nSPS) is 20.5. The van der Waals surface area contributed by atoms with Crippen LogP contribution in [0.25, 0.3) is 0 Å². The number of aryl methyl sites for hydroxylation is 1. The van der Waals surface area contributed by atoms with E-state index in [1.54, 1.807) is 19.1 Å². The molecule has 0 saturated heterocycles. The van der Waals surface area contributed by atoms with Crippen molar-refractivity contribution in [2.45, 2.75) is 25.8 Å². The number of hydrogen-bond acceptors (Lipinski definition) is 4. The Morgan fingerprint density at radius 3 is 2.54 bits per heavy atom. The van der Waals surface area contributed by atoms with Gasteiger partial charge in [0, 0.05) is 19.4 Å². The Hall–Kier alpha value is -2.73. The van der Waals surface area contributed by atoms with Crippen LogP contribution in [0.2, 0.25) is 0 Å². The summed E-state index contributed by atoms with van der Waals surface area (Å²) in [5.41, 5.74) is 3.71. The molecule has 1 aliphatic heterocycles. The molecule has 0 bridgehead atoms. The average molecular weight is 329 g/mol. The summed E-state index contributed by atoms with van der Waals surface area (Å²) in [6.45, 7) is 1.55. The first-order chi connectivity index (χ1) is 11.5. The molecule has 0 spiro atoms. The van der Waals surface area contributed by atoms with E-state index in [4.69, 9.17) is 4.74 Å². The molecule has 2 amide bonds. The number of nitrogens with zero attached hydrogens (tertiary/aromatic N) is 1. The molecular weight excluding hydrogens is 308 g/mol. The summed E-state index contributed by atoms with van der Waals surface area (Å²) >= 11 is 0. The van der Waals surface area contributed by atoms with E-state index >= 15 is 0 Å². The number of amides is 2. The molecule has 2 rings (SSSR count). The third-order valence-electron chi connectivity index (χ3n) is 3.98. The van der Waals surface area contributed by atoms with Crippen LogP contribution in [0.5, 0.6) is 0 Å². The van der Waals surface area contributed by atoms with Gasteiger partial charge in [0.05, 0.1) is 7.11 Å². The molecule has 126 valence electrons. The fourth-order valence-electron chi connectivity index (χ4n) is 2.53. The van der Waals surface area contributed by atoms with Crippen molar-refractivity contribution in [2.75, 3.05) is 7.11 Å². The van der Waals surface area contributed by atoms with Crippen LogP contribution in [0, 0.1) is 0 Å². The van der Waals surface area contributed by atoms with E-state index in [0.29, 0.717) is 6.42 Å². The van der Waals surface area contributed by atoms with Crippen LogP contribution >= 0.6 is 0 Å². The monoisotopic (exact) mass is 329 g/mol. The molecule has 0 aliphatic carbocycles. The van der Waals surface area contributed by atoms with Crippen LogP contribution in [-0.4, -0.2) is 35.5 Å². The lowest BCUT2D eigenvalue weighted by Gasteiger charge is -2.35. The van der Waals surface area contributed by atoms with Gasteiger partial charge in [-0.2, -0.15) is 5.43 Å². The molecule has 0 radical (unpaired) electrons. The number of nitrogens with one attached hydrogen (secondary N) is 1. The molecule has 1 heterocycles. The Labute approximate surface area is 141 Å². The van der Waals surface area contributed by atoms with Gasteiger partial charge in [-0.3, -0.25) is 4.79 Å². The molecule has 1 aromatic rings. The van der Waals surface area contributed by atoms with E-state index in [0.717, 1.165) is 5.56 Å². The Morgan fingerprint density at radius 2 is 1.92 bits per heavy atom. The van der Waals surface area contributed by atoms with E-state index in [1.807, 2.05) is 30.3 Å². The zero-order chi connectivity index (χ0) is 17.6. The van der Waals surface area contributed by atoms with E-state index in [2.05, 4.69) is 5.43 Å². The average Bonchev–Trinajstić information content (AvgIpc) is 2.61. The van der Waals surface area contributed by atoms with Crippen LogP contribution in [-0.2, 0) is 25.5 Å². The van der Waals surface area contributed by atoms with Gasteiger partial charge in [-0.15, -0.1) is 4.59 Å². The van der Waals surface area contributed by atoms with Crippen molar-refractivity contribution in [3.63, 3.8) is 0 Å². The standard InChI is InChI=1S/C18H20N2O4/c1-14(18(23)24-2)20(13-7-6-10-17(20)22)19-16(21)12-11-15-8-4-3-5-9-15/h3-10,13-14H,11-12H2,1-2H3/p+1. The van der Waals surface area contributed by atoms with Crippen molar-refractivity contribution in [1.29, 1.82) is 0 Å². The van der Waals surface area contributed by atoms with Crippen LogP contribution in [0.3, 0.4) is 0 Å². The van der Waals surface area contributed by atoms with E-state index in [1.165, 1.54) is 19.4 Å². The van der Waals surface area contributed by atoms with Crippen molar-refractivity contribution in [2.24, 2.45) is 0 Å². The summed E-state index contributed by atoms with van der Waals surface area (Å²) in [4.78, 5) is 36.7. The third-order valence-corrected chi connectivity index (χ3v) is 3.98. The summed E-state index contributed by atoms with van der Waals surface area (Å²) in [7, 11) is 1.25. The summed E-state index contributed by atoms with van der Waals surface area (Å²) in [6, 6.07) is 8.70. The Morgan fingerprint density at radius 1 is 1.21 bits per heavy atom. The van der Waals surface area contributed by atoms with E-state index in [-0.39, 0.29) is 12.3 Å². The maximum Gasteiger partial charge on any atom is 0.368 e. The van der Waals surface area contributed by atoms with Crippen LogP contribution < -0.4 is 5.43 Å². The van der Waals surface area contributed by atoms with Gasteiger partial charge >= 0.3 is 11.9 Å². The molecule has 0 aromatic heterocycles. The second-order valence-corrected chi connectivity index (χ2v) is 5.54. The van der Waals surface area contributed by atoms with Gasteiger partial charge < -0.3 is 4.74 Å². The van der Waals surface area contributed by atoms with Gasteiger partial charge in [-0.1, -0.05) is 30.3 Å². The van der Waals surface area contributed by atoms with Gasteiger partial charge in [-0.05, 0) is 24.1 Å². The number of allylic oxidation sites excluding steroid dienone is 2. The highest BCUT2D eigenvalue weighted by Gasteiger charge is 2.46. The largest absolute Gasteiger partial charge is 0.465 e. The van der Waals surface area contributed by atoms with Crippen molar-refractivity contribution in [1.82, 2.24) is 5.43 Å². The fourth-order valence-corrected chi connectivity index (χ4v) is 2.53. The minimum Gasteiger partial charge on any atom is -0.465 e. The van der Waals surface area contributed by atoms with Gasteiger partial charge in [0.1, 0.15) is 6.20 Å². The minimum absolute atomic E-state index is 0.211. The molecule has 1 aromatic carbocycles. The molecule has 2 unspecified atom stereocenters. The molecule has 24 heavy (non-hydrogen) atoms. The van der Waals surface area contributed by atoms with Crippen molar-refractivity contribution >= 4 is 17.8 Å². The summed E-state index contributed by atoms with van der Waals surface area (Å²) in [6.07, 6.45) is 6.77.